The number of likely N-dealkylation sites (tertiary alicyclic amines) is 1. The summed E-state index contributed by atoms with van der Waals surface area (Å²) in [6, 6.07) is 7.08. The molecule has 24 heavy (non-hydrogen) atoms. The minimum atomic E-state index is -0.296. The van der Waals surface area contributed by atoms with Gasteiger partial charge in [-0.05, 0) is 42.9 Å². The normalized spacial score (nSPS) is 17.0. The molecule has 1 saturated heterocycles. The second-order valence-electron chi connectivity index (χ2n) is 6.85. The number of anilines is 1. The number of benzene rings is 1. The molecule has 0 saturated carbocycles. The number of nitrogens with zero attached hydrogens (tertiary/aromatic N) is 1. The van der Waals surface area contributed by atoms with Crippen molar-refractivity contribution in [3.63, 3.8) is 0 Å². The van der Waals surface area contributed by atoms with Crippen molar-refractivity contribution >= 4 is 17.5 Å². The molecule has 1 aliphatic heterocycles. The number of piperidine rings is 1. The van der Waals surface area contributed by atoms with Gasteiger partial charge in [-0.2, -0.15) is 0 Å². The summed E-state index contributed by atoms with van der Waals surface area (Å²) in [5.74, 6) is 0.434. The predicted molar refractivity (Wildman–Crippen MR) is 94.8 cm³/mol. The number of aliphatic hydroxyl groups excluding tert-OH is 1. The lowest BCUT2D eigenvalue weighted by Crippen LogP contribution is -2.42. The van der Waals surface area contributed by atoms with E-state index in [0.29, 0.717) is 30.8 Å². The quantitative estimate of drug-likeness (QED) is 0.871. The minimum Gasteiger partial charge on any atom is -0.393 e. The molecule has 2 rings (SSSR count). The first-order chi connectivity index (χ1) is 11.4. The smallest absolute Gasteiger partial charge is 0.253 e. The van der Waals surface area contributed by atoms with E-state index in [0.717, 1.165) is 12.8 Å². The van der Waals surface area contributed by atoms with Crippen LogP contribution in [0.25, 0.3) is 0 Å². The van der Waals surface area contributed by atoms with Crippen LogP contribution in [-0.2, 0) is 4.79 Å². The Balaban J connectivity index is 1.98. The lowest BCUT2D eigenvalue weighted by Gasteiger charge is -2.35. The number of hydrogen-bond donors (Lipinski definition) is 2. The molecule has 132 valence electrons. The third kappa shape index (κ3) is 4.57. The summed E-state index contributed by atoms with van der Waals surface area (Å²) < 4.78 is 0. The Bertz CT molecular complexity index is 578. The predicted octanol–water partition coefficient (Wildman–Crippen LogP) is 2.90. The number of rotatable bonds is 5. The standard InChI is InChI=1S/C19H28N2O3/c1-4-17(22)20-16-7-5-6-15(12-16)19(24)21-10-8-14(9-11-21)18(23)13(2)3/h5-7,12-14,18,23H,4,8-11H2,1-3H3,(H,20,22)/t18-/m0/s1. The molecule has 1 aromatic carbocycles. The molecule has 0 aliphatic carbocycles. The van der Waals surface area contributed by atoms with E-state index in [2.05, 4.69) is 5.32 Å². The summed E-state index contributed by atoms with van der Waals surface area (Å²) in [5.41, 5.74) is 1.24. The molecule has 0 aromatic heterocycles. The fraction of sp³-hybridized carbons (Fsp3) is 0.579. The summed E-state index contributed by atoms with van der Waals surface area (Å²) in [6.07, 6.45) is 1.77. The van der Waals surface area contributed by atoms with Crippen molar-refractivity contribution in [3.05, 3.63) is 29.8 Å². The van der Waals surface area contributed by atoms with Crippen molar-refractivity contribution in [2.24, 2.45) is 11.8 Å². The van der Waals surface area contributed by atoms with Gasteiger partial charge in [-0.3, -0.25) is 9.59 Å². The van der Waals surface area contributed by atoms with Crippen LogP contribution >= 0.6 is 0 Å². The molecule has 1 aromatic rings. The van der Waals surface area contributed by atoms with Gasteiger partial charge in [-0.1, -0.05) is 26.8 Å². The molecular weight excluding hydrogens is 304 g/mol. The molecule has 1 atom stereocenters. The molecule has 2 amide bonds. The monoisotopic (exact) mass is 332 g/mol. The maximum absolute atomic E-state index is 12.7. The summed E-state index contributed by atoms with van der Waals surface area (Å²) in [5, 5.41) is 13.0. The Morgan fingerprint density at radius 2 is 1.96 bits per heavy atom. The maximum atomic E-state index is 12.7. The van der Waals surface area contributed by atoms with Gasteiger partial charge >= 0.3 is 0 Å². The van der Waals surface area contributed by atoms with Crippen LogP contribution in [0, 0.1) is 11.8 Å². The summed E-state index contributed by atoms with van der Waals surface area (Å²) in [6.45, 7) is 7.17. The van der Waals surface area contributed by atoms with Crippen molar-refractivity contribution < 1.29 is 14.7 Å². The van der Waals surface area contributed by atoms with Crippen molar-refractivity contribution in [1.82, 2.24) is 4.90 Å². The van der Waals surface area contributed by atoms with Crippen molar-refractivity contribution in [2.75, 3.05) is 18.4 Å². The lowest BCUT2D eigenvalue weighted by molar-refractivity contribution is -0.115. The second kappa shape index (κ2) is 8.29. The highest BCUT2D eigenvalue weighted by molar-refractivity contribution is 5.97. The summed E-state index contributed by atoms with van der Waals surface area (Å²) in [7, 11) is 0. The van der Waals surface area contributed by atoms with Crippen molar-refractivity contribution in [1.29, 1.82) is 0 Å². The third-order valence-electron chi connectivity index (χ3n) is 4.71. The molecule has 1 fully saturated rings. The van der Waals surface area contributed by atoms with Crippen LogP contribution in [-0.4, -0.2) is 41.0 Å². The van der Waals surface area contributed by atoms with Crippen LogP contribution in [0.2, 0.25) is 0 Å². The van der Waals surface area contributed by atoms with E-state index in [1.807, 2.05) is 18.7 Å². The fourth-order valence-corrected chi connectivity index (χ4v) is 3.15. The molecule has 2 N–H and O–H groups in total. The molecule has 1 heterocycles. The van der Waals surface area contributed by atoms with E-state index in [-0.39, 0.29) is 29.8 Å². The zero-order valence-corrected chi connectivity index (χ0v) is 14.8. The van der Waals surface area contributed by atoms with Gasteiger partial charge < -0.3 is 15.3 Å². The van der Waals surface area contributed by atoms with Crippen molar-refractivity contribution in [2.45, 2.75) is 46.1 Å². The molecule has 0 unspecified atom stereocenters. The van der Waals surface area contributed by atoms with Gasteiger partial charge in [-0.25, -0.2) is 0 Å². The van der Waals surface area contributed by atoms with Gasteiger partial charge in [0.05, 0.1) is 6.10 Å². The highest BCUT2D eigenvalue weighted by Crippen LogP contribution is 2.26. The first-order valence-corrected chi connectivity index (χ1v) is 8.79. The van der Waals surface area contributed by atoms with Crippen LogP contribution in [0.5, 0.6) is 0 Å². The Labute approximate surface area is 144 Å². The Kier molecular flexibility index (Phi) is 6.37. The van der Waals surface area contributed by atoms with Crippen LogP contribution in [0.4, 0.5) is 5.69 Å². The zero-order chi connectivity index (χ0) is 17.7. The summed E-state index contributed by atoms with van der Waals surface area (Å²) in [4.78, 5) is 26.0. The molecule has 5 heteroatoms. The average Bonchev–Trinajstić information content (AvgIpc) is 2.60. The van der Waals surface area contributed by atoms with E-state index in [9.17, 15) is 14.7 Å². The Morgan fingerprint density at radius 3 is 2.54 bits per heavy atom. The highest BCUT2D eigenvalue weighted by Gasteiger charge is 2.29. The highest BCUT2D eigenvalue weighted by atomic mass is 16.3. The SMILES string of the molecule is CCC(=O)Nc1cccc(C(=O)N2CCC([C@@H](O)C(C)C)CC2)c1. The maximum Gasteiger partial charge on any atom is 0.253 e. The zero-order valence-electron chi connectivity index (χ0n) is 14.8. The topological polar surface area (TPSA) is 69.6 Å². The molecular formula is C19H28N2O3. The fourth-order valence-electron chi connectivity index (χ4n) is 3.15. The lowest BCUT2D eigenvalue weighted by atomic mass is 9.85. The van der Waals surface area contributed by atoms with Crippen LogP contribution in [0.15, 0.2) is 24.3 Å². The Hall–Kier alpha value is -1.88. The second-order valence-corrected chi connectivity index (χ2v) is 6.85. The van der Waals surface area contributed by atoms with Gasteiger partial charge in [0.2, 0.25) is 5.91 Å². The van der Waals surface area contributed by atoms with Crippen LogP contribution in [0.3, 0.4) is 0 Å². The van der Waals surface area contributed by atoms with E-state index in [1.165, 1.54) is 0 Å². The largest absolute Gasteiger partial charge is 0.393 e. The molecule has 1 aliphatic rings. The third-order valence-corrected chi connectivity index (χ3v) is 4.71. The van der Waals surface area contributed by atoms with E-state index in [1.54, 1.807) is 31.2 Å². The van der Waals surface area contributed by atoms with E-state index in [4.69, 9.17) is 0 Å². The van der Waals surface area contributed by atoms with Gasteiger partial charge in [-0.15, -0.1) is 0 Å². The van der Waals surface area contributed by atoms with Gasteiger partial charge in [0.15, 0.2) is 0 Å². The number of aliphatic hydroxyl groups is 1. The average molecular weight is 332 g/mol. The molecule has 0 spiro atoms. The van der Waals surface area contributed by atoms with E-state index < -0.39 is 0 Å². The first-order valence-electron chi connectivity index (χ1n) is 8.79. The number of amides is 2. The number of carbonyl (C=O) groups is 2. The molecule has 0 bridgehead atoms. The van der Waals surface area contributed by atoms with Crippen LogP contribution in [0.1, 0.15) is 50.4 Å². The number of carbonyl (C=O) groups excluding carboxylic acids is 2. The summed E-state index contributed by atoms with van der Waals surface area (Å²) >= 11 is 0. The van der Waals surface area contributed by atoms with Gasteiger partial charge in [0, 0.05) is 30.8 Å². The van der Waals surface area contributed by atoms with Gasteiger partial charge in [0.1, 0.15) is 0 Å². The number of hydrogen-bond acceptors (Lipinski definition) is 3. The van der Waals surface area contributed by atoms with Crippen LogP contribution < -0.4 is 5.32 Å². The number of nitrogens with one attached hydrogen (secondary N) is 1. The van der Waals surface area contributed by atoms with Crippen molar-refractivity contribution in [3.8, 4) is 0 Å². The minimum absolute atomic E-state index is 0.0138. The van der Waals surface area contributed by atoms with Gasteiger partial charge in [0.25, 0.3) is 5.91 Å². The Morgan fingerprint density at radius 1 is 1.29 bits per heavy atom. The molecule has 0 radical (unpaired) electrons. The van der Waals surface area contributed by atoms with E-state index >= 15 is 0 Å². The first kappa shape index (κ1) is 18.5. The molecule has 5 nitrogen and oxygen atoms in total.